The number of hydrogen-bond donors (Lipinski definition) is 1. The minimum atomic E-state index is -0.328. The summed E-state index contributed by atoms with van der Waals surface area (Å²) in [6, 6.07) is 9.38. The number of carbonyl (C=O) groups excluding carboxylic acids is 1. The van der Waals surface area contributed by atoms with Crippen LogP contribution in [0.3, 0.4) is 0 Å². The SMILES string of the molecule is CN(C)c1nc(N(C)C)nc(N2CC(=O)N(N=Cc3ccccc3)C2=N)n1. The first-order valence-corrected chi connectivity index (χ1v) is 8.25. The molecule has 1 saturated heterocycles. The van der Waals surface area contributed by atoms with Gasteiger partial charge in [0, 0.05) is 28.2 Å². The van der Waals surface area contributed by atoms with E-state index in [4.69, 9.17) is 5.41 Å². The average molecular weight is 367 g/mol. The van der Waals surface area contributed by atoms with E-state index < -0.39 is 0 Å². The lowest BCUT2D eigenvalue weighted by Gasteiger charge is -2.20. The number of aromatic nitrogens is 3. The first-order chi connectivity index (χ1) is 12.9. The van der Waals surface area contributed by atoms with E-state index in [-0.39, 0.29) is 24.4 Å². The third-order valence-corrected chi connectivity index (χ3v) is 3.75. The minimum absolute atomic E-state index is 0.0608. The maximum absolute atomic E-state index is 12.4. The van der Waals surface area contributed by atoms with Crippen LogP contribution in [0.5, 0.6) is 0 Å². The normalized spacial score (nSPS) is 14.4. The van der Waals surface area contributed by atoms with Crippen molar-refractivity contribution in [3.05, 3.63) is 35.9 Å². The van der Waals surface area contributed by atoms with E-state index in [9.17, 15) is 4.79 Å². The maximum Gasteiger partial charge on any atom is 0.270 e. The summed E-state index contributed by atoms with van der Waals surface area (Å²) in [5, 5.41) is 13.5. The van der Waals surface area contributed by atoms with E-state index in [0.29, 0.717) is 11.9 Å². The van der Waals surface area contributed by atoms with Crippen LogP contribution in [0.25, 0.3) is 0 Å². The molecule has 1 aromatic heterocycles. The fourth-order valence-electron chi connectivity index (χ4n) is 2.32. The molecule has 1 fully saturated rings. The van der Waals surface area contributed by atoms with Crippen LogP contribution >= 0.6 is 0 Å². The van der Waals surface area contributed by atoms with Gasteiger partial charge in [-0.15, -0.1) is 0 Å². The summed E-state index contributed by atoms with van der Waals surface area (Å²) in [5.41, 5.74) is 0.835. The molecule has 140 valence electrons. The maximum atomic E-state index is 12.4. The average Bonchev–Trinajstić information content (AvgIpc) is 2.94. The highest BCUT2D eigenvalue weighted by molar-refractivity contribution is 6.12. The molecule has 0 saturated carbocycles. The lowest BCUT2D eigenvalue weighted by atomic mass is 10.2. The summed E-state index contributed by atoms with van der Waals surface area (Å²) in [4.78, 5) is 30.3. The minimum Gasteiger partial charge on any atom is -0.347 e. The molecule has 3 rings (SSSR count). The van der Waals surface area contributed by atoms with Crippen LogP contribution in [0.4, 0.5) is 17.8 Å². The lowest BCUT2D eigenvalue weighted by Crippen LogP contribution is -2.32. The monoisotopic (exact) mass is 367 g/mol. The molecule has 0 atom stereocenters. The Morgan fingerprint density at radius 3 is 2.19 bits per heavy atom. The van der Waals surface area contributed by atoms with E-state index in [2.05, 4.69) is 20.1 Å². The van der Waals surface area contributed by atoms with Gasteiger partial charge in [-0.3, -0.25) is 15.1 Å². The number of anilines is 3. The predicted octanol–water partition coefficient (Wildman–Crippen LogP) is 0.621. The summed E-state index contributed by atoms with van der Waals surface area (Å²) in [6.45, 7) is -0.0608. The van der Waals surface area contributed by atoms with Crippen molar-refractivity contribution in [1.82, 2.24) is 20.0 Å². The van der Waals surface area contributed by atoms with Crippen LogP contribution in [-0.4, -0.2) is 72.8 Å². The summed E-state index contributed by atoms with van der Waals surface area (Å²) >= 11 is 0. The molecule has 0 aliphatic carbocycles. The van der Waals surface area contributed by atoms with Crippen molar-refractivity contribution in [2.75, 3.05) is 49.4 Å². The molecule has 1 aliphatic rings. The molecular formula is C17H21N9O. The van der Waals surface area contributed by atoms with Crippen molar-refractivity contribution in [1.29, 1.82) is 5.41 Å². The Labute approximate surface area is 157 Å². The van der Waals surface area contributed by atoms with Crippen molar-refractivity contribution in [3.8, 4) is 0 Å². The van der Waals surface area contributed by atoms with Crippen molar-refractivity contribution in [2.24, 2.45) is 5.10 Å². The van der Waals surface area contributed by atoms with E-state index in [1.807, 2.05) is 58.5 Å². The van der Waals surface area contributed by atoms with E-state index >= 15 is 0 Å². The van der Waals surface area contributed by atoms with Gasteiger partial charge in [-0.05, 0) is 5.56 Å². The summed E-state index contributed by atoms with van der Waals surface area (Å²) < 4.78 is 0. The third-order valence-electron chi connectivity index (χ3n) is 3.75. The van der Waals surface area contributed by atoms with Crippen LogP contribution in [-0.2, 0) is 4.79 Å². The predicted molar refractivity (Wildman–Crippen MR) is 104 cm³/mol. The van der Waals surface area contributed by atoms with Crippen molar-refractivity contribution in [2.45, 2.75) is 0 Å². The van der Waals surface area contributed by atoms with Gasteiger partial charge in [0.05, 0.1) is 6.21 Å². The zero-order valence-electron chi connectivity index (χ0n) is 15.7. The van der Waals surface area contributed by atoms with Crippen molar-refractivity contribution < 1.29 is 4.79 Å². The molecule has 0 unspecified atom stereocenters. The summed E-state index contributed by atoms with van der Waals surface area (Å²) in [6.07, 6.45) is 1.54. The number of hydrazone groups is 1. The van der Waals surface area contributed by atoms with Crippen LogP contribution in [0.2, 0.25) is 0 Å². The highest BCUT2D eigenvalue weighted by atomic mass is 16.2. The Balaban J connectivity index is 1.89. The van der Waals surface area contributed by atoms with Crippen LogP contribution < -0.4 is 14.7 Å². The number of guanidine groups is 1. The van der Waals surface area contributed by atoms with Crippen LogP contribution in [0.1, 0.15) is 5.56 Å². The number of nitrogens with zero attached hydrogens (tertiary/aromatic N) is 8. The first-order valence-electron chi connectivity index (χ1n) is 8.25. The molecule has 0 bridgehead atoms. The fraction of sp³-hybridized carbons (Fsp3) is 0.294. The number of rotatable bonds is 5. The quantitative estimate of drug-likeness (QED) is 0.773. The van der Waals surface area contributed by atoms with Gasteiger partial charge in [0.25, 0.3) is 5.91 Å². The van der Waals surface area contributed by atoms with Crippen LogP contribution in [0.15, 0.2) is 35.4 Å². The second kappa shape index (κ2) is 7.36. The topological polar surface area (TPSA) is 105 Å². The molecule has 10 nitrogen and oxygen atoms in total. The van der Waals surface area contributed by atoms with Gasteiger partial charge in [0.2, 0.25) is 23.8 Å². The van der Waals surface area contributed by atoms with Gasteiger partial charge in [0.15, 0.2) is 0 Å². The third kappa shape index (κ3) is 3.84. The second-order valence-electron chi connectivity index (χ2n) is 6.29. The Hall–Kier alpha value is -3.56. The molecule has 1 aliphatic heterocycles. The van der Waals surface area contributed by atoms with E-state index in [1.165, 1.54) is 4.90 Å². The molecule has 2 aromatic rings. The Morgan fingerprint density at radius 1 is 1.04 bits per heavy atom. The molecule has 0 radical (unpaired) electrons. The van der Waals surface area contributed by atoms with Gasteiger partial charge in [-0.1, -0.05) is 30.3 Å². The van der Waals surface area contributed by atoms with E-state index in [0.717, 1.165) is 10.6 Å². The number of carbonyl (C=O) groups is 1. The van der Waals surface area contributed by atoms with E-state index in [1.54, 1.807) is 16.0 Å². The molecule has 1 amide bonds. The molecule has 10 heteroatoms. The van der Waals surface area contributed by atoms with Gasteiger partial charge >= 0.3 is 0 Å². The summed E-state index contributed by atoms with van der Waals surface area (Å²) in [7, 11) is 7.26. The number of benzene rings is 1. The largest absolute Gasteiger partial charge is 0.347 e. The summed E-state index contributed by atoms with van der Waals surface area (Å²) in [5.74, 6) is 0.678. The van der Waals surface area contributed by atoms with Crippen LogP contribution in [0, 0.1) is 5.41 Å². The van der Waals surface area contributed by atoms with Crippen molar-refractivity contribution >= 4 is 35.9 Å². The smallest absolute Gasteiger partial charge is 0.270 e. The molecule has 27 heavy (non-hydrogen) atoms. The zero-order chi connectivity index (χ0) is 19.6. The molecule has 1 N–H and O–H groups in total. The second-order valence-corrected chi connectivity index (χ2v) is 6.29. The lowest BCUT2D eigenvalue weighted by molar-refractivity contribution is -0.124. The van der Waals surface area contributed by atoms with Crippen molar-refractivity contribution in [3.63, 3.8) is 0 Å². The van der Waals surface area contributed by atoms with Gasteiger partial charge in [-0.25, -0.2) is 0 Å². The number of hydrogen-bond acceptors (Lipinski definition) is 8. The first kappa shape index (κ1) is 18.2. The highest BCUT2D eigenvalue weighted by Gasteiger charge is 2.36. The number of nitrogens with one attached hydrogen (secondary N) is 1. The molecule has 0 spiro atoms. The van der Waals surface area contributed by atoms with Gasteiger partial charge in [-0.2, -0.15) is 25.1 Å². The highest BCUT2D eigenvalue weighted by Crippen LogP contribution is 2.21. The standard InChI is InChI=1S/C17H21N9O/c1-23(2)15-20-16(24(3)4)22-17(21-15)25-11-13(27)26(14(25)18)19-10-12-8-6-5-7-9-12/h5-10,18H,11H2,1-4H3. The number of amides is 1. The van der Waals surface area contributed by atoms with Gasteiger partial charge in [0.1, 0.15) is 6.54 Å². The zero-order valence-corrected chi connectivity index (χ0v) is 15.7. The Bertz CT molecular complexity index is 853. The fourth-order valence-corrected chi connectivity index (χ4v) is 2.32. The Morgan fingerprint density at radius 2 is 1.63 bits per heavy atom. The Kier molecular flexibility index (Phi) is 4.97. The van der Waals surface area contributed by atoms with Gasteiger partial charge < -0.3 is 9.80 Å². The molecule has 2 heterocycles. The molecular weight excluding hydrogens is 346 g/mol. The molecule has 1 aromatic carbocycles.